The summed E-state index contributed by atoms with van der Waals surface area (Å²) in [6.07, 6.45) is 7.39. The number of carbonyl (C=O) groups is 3. The molecule has 0 aliphatic rings. The molecule has 10 nitrogen and oxygen atoms in total. The molecule has 0 heterocycles. The van der Waals surface area contributed by atoms with Crippen LogP contribution in [0.15, 0.2) is 116 Å². The minimum Gasteiger partial charge on any atom is -0.494 e. The van der Waals surface area contributed by atoms with Gasteiger partial charge in [-0.05, 0) is 140 Å². The number of hydrogen-bond acceptors (Lipinski definition) is 10. The number of unbranched alkanes of at least 4 members (excludes halogenated alkanes) is 6. The smallest absolute Gasteiger partial charge is 0.343 e. The van der Waals surface area contributed by atoms with E-state index in [0.717, 1.165) is 90.8 Å². The number of carbonyl (C=O) groups excluding carboxylic acids is 3. The summed E-state index contributed by atoms with van der Waals surface area (Å²) in [5.41, 5.74) is 1.11. The van der Waals surface area contributed by atoms with E-state index < -0.39 is 30.0 Å². The average Bonchev–Trinajstić information content (AvgIpc) is 3.22. The van der Waals surface area contributed by atoms with E-state index in [4.69, 9.17) is 28.4 Å². The first-order chi connectivity index (χ1) is 28.1. The number of hydrogen-bond donors (Lipinski definition) is 1. The largest absolute Gasteiger partial charge is 0.494 e. The highest BCUT2D eigenvalue weighted by molar-refractivity contribution is 5.98. The van der Waals surface area contributed by atoms with Crippen LogP contribution in [-0.4, -0.2) is 55.7 Å². The van der Waals surface area contributed by atoms with Crippen molar-refractivity contribution in [1.82, 2.24) is 0 Å². The monoisotopic (exact) mass is 792 g/mol. The second-order valence-electron chi connectivity index (χ2n) is 13.8. The van der Waals surface area contributed by atoms with Crippen molar-refractivity contribution >= 4 is 39.5 Å². The van der Waals surface area contributed by atoms with Gasteiger partial charge in [0, 0.05) is 12.1 Å². The van der Waals surface area contributed by atoms with Crippen LogP contribution in [-0.2, 0) is 14.3 Å². The van der Waals surface area contributed by atoms with E-state index in [-0.39, 0.29) is 22.6 Å². The third-order valence-corrected chi connectivity index (χ3v) is 9.13. The lowest BCUT2D eigenvalue weighted by Crippen LogP contribution is -2.13. The molecule has 0 saturated heterocycles. The normalized spacial score (nSPS) is 11.5. The predicted octanol–water partition coefficient (Wildman–Crippen LogP) is 10.1. The number of esters is 3. The summed E-state index contributed by atoms with van der Waals surface area (Å²) in [5, 5.41) is 12.9. The molecule has 11 heteroatoms. The molecule has 304 valence electrons. The Labute approximate surface area is 337 Å². The molecule has 0 bridgehead atoms. The number of fused-ring (bicyclic) bond motifs is 2. The van der Waals surface area contributed by atoms with E-state index >= 15 is 4.39 Å². The second kappa shape index (κ2) is 22.0. The highest BCUT2D eigenvalue weighted by atomic mass is 19.1. The van der Waals surface area contributed by atoms with Crippen LogP contribution in [0.4, 0.5) is 4.39 Å². The lowest BCUT2D eigenvalue weighted by Gasteiger charge is -2.11. The van der Waals surface area contributed by atoms with E-state index in [1.165, 1.54) is 12.1 Å². The molecule has 58 heavy (non-hydrogen) atoms. The van der Waals surface area contributed by atoms with Crippen LogP contribution in [0.1, 0.15) is 79.0 Å². The highest BCUT2D eigenvalue weighted by Crippen LogP contribution is 2.28. The third kappa shape index (κ3) is 13.3. The Kier molecular flexibility index (Phi) is 16.4. The van der Waals surface area contributed by atoms with Gasteiger partial charge in [0.05, 0.1) is 37.6 Å². The zero-order chi connectivity index (χ0) is 41.3. The van der Waals surface area contributed by atoms with E-state index in [2.05, 4.69) is 13.2 Å². The number of aliphatic hydroxyl groups excluding tert-OH is 1. The van der Waals surface area contributed by atoms with Gasteiger partial charge in [-0.1, -0.05) is 43.8 Å². The summed E-state index contributed by atoms with van der Waals surface area (Å²) in [4.78, 5) is 37.0. The molecule has 0 radical (unpaired) electrons. The van der Waals surface area contributed by atoms with Crippen LogP contribution in [0.3, 0.4) is 0 Å². The second-order valence-corrected chi connectivity index (χ2v) is 13.8. The van der Waals surface area contributed by atoms with Crippen LogP contribution < -0.4 is 18.9 Å². The number of rotatable bonds is 23. The van der Waals surface area contributed by atoms with Gasteiger partial charge in [-0.15, -0.1) is 0 Å². The SMILES string of the molecule is C=CC(=O)OCCCCCCOc1ccc2cc(C(=O)Oc3ccc(OC(=O)c4ccc5cc(OCCCCCCOC(O)C(=C)C)ccc5c4)cc3F)ccc2c1. The van der Waals surface area contributed by atoms with Crippen LogP contribution in [0, 0.1) is 5.82 Å². The van der Waals surface area contributed by atoms with Gasteiger partial charge in [0.25, 0.3) is 0 Å². The van der Waals surface area contributed by atoms with Gasteiger partial charge in [-0.3, -0.25) is 0 Å². The van der Waals surface area contributed by atoms with Gasteiger partial charge in [0.2, 0.25) is 0 Å². The van der Waals surface area contributed by atoms with Crippen molar-refractivity contribution in [2.24, 2.45) is 0 Å². The molecule has 5 aromatic rings. The maximum atomic E-state index is 15.1. The van der Waals surface area contributed by atoms with E-state index in [9.17, 15) is 19.5 Å². The predicted molar refractivity (Wildman–Crippen MR) is 220 cm³/mol. The molecule has 0 saturated carbocycles. The molecule has 0 spiro atoms. The molecular weight excluding hydrogens is 744 g/mol. The maximum Gasteiger partial charge on any atom is 0.343 e. The molecule has 0 aliphatic carbocycles. The van der Waals surface area contributed by atoms with Gasteiger partial charge in [0.1, 0.15) is 17.2 Å². The zero-order valence-corrected chi connectivity index (χ0v) is 32.7. The van der Waals surface area contributed by atoms with Crippen molar-refractivity contribution in [2.45, 2.75) is 64.6 Å². The Morgan fingerprint density at radius 3 is 1.64 bits per heavy atom. The third-order valence-electron chi connectivity index (χ3n) is 9.13. The summed E-state index contributed by atoms with van der Waals surface area (Å²) in [5.74, 6) is -1.62. The van der Waals surface area contributed by atoms with Crippen molar-refractivity contribution in [2.75, 3.05) is 26.4 Å². The topological polar surface area (TPSA) is 127 Å². The zero-order valence-electron chi connectivity index (χ0n) is 32.7. The Morgan fingerprint density at radius 2 is 1.10 bits per heavy atom. The summed E-state index contributed by atoms with van der Waals surface area (Å²) in [6, 6.07) is 24.9. The fourth-order valence-corrected chi connectivity index (χ4v) is 5.90. The van der Waals surface area contributed by atoms with Crippen molar-refractivity contribution in [3.63, 3.8) is 0 Å². The Hall–Kier alpha value is -6.04. The van der Waals surface area contributed by atoms with Gasteiger partial charge in [-0.2, -0.15) is 0 Å². The van der Waals surface area contributed by atoms with Gasteiger partial charge < -0.3 is 33.5 Å². The number of halogens is 1. The number of benzene rings is 5. The molecule has 0 aromatic heterocycles. The van der Waals surface area contributed by atoms with Crippen LogP contribution in [0.2, 0.25) is 0 Å². The summed E-state index contributed by atoms with van der Waals surface area (Å²) < 4.78 is 47.9. The minimum atomic E-state index is -0.911. The van der Waals surface area contributed by atoms with Gasteiger partial charge >= 0.3 is 17.9 Å². The molecule has 1 N–H and O–H groups in total. The summed E-state index contributed by atoms with van der Waals surface area (Å²) in [7, 11) is 0. The Balaban J connectivity index is 1.05. The van der Waals surface area contributed by atoms with Crippen LogP contribution in [0.5, 0.6) is 23.0 Å². The van der Waals surface area contributed by atoms with Gasteiger partial charge in [0.15, 0.2) is 17.9 Å². The lowest BCUT2D eigenvalue weighted by molar-refractivity contribution is -0.137. The van der Waals surface area contributed by atoms with Crippen LogP contribution in [0.25, 0.3) is 21.5 Å². The average molecular weight is 793 g/mol. The van der Waals surface area contributed by atoms with Crippen molar-refractivity contribution in [3.8, 4) is 23.0 Å². The first-order valence-corrected chi connectivity index (χ1v) is 19.4. The molecule has 0 amide bonds. The minimum absolute atomic E-state index is 0.0432. The van der Waals surface area contributed by atoms with E-state index in [1.807, 2.05) is 36.4 Å². The standard InChI is InChI=1S/C47H49FO10/c1-4-44(49)55-25-11-7-5-9-23-53-40-20-18-34-28-38(16-14-36(34)30-40)47(52)58-43-22-21-41(31-42(43)48)57-46(51)37-15-13-35-29-39(19-17-33(35)27-37)54-24-10-6-8-12-26-56-45(50)32(2)3/h4,13-22,27-31,45,50H,1-2,5-12,23-26H2,3H3. The molecule has 5 rings (SSSR count). The molecule has 1 atom stereocenters. The molecule has 1 unspecified atom stereocenters. The maximum absolute atomic E-state index is 15.1. The Morgan fingerprint density at radius 1 is 0.621 bits per heavy atom. The summed E-state index contributed by atoms with van der Waals surface area (Å²) in [6.45, 7) is 10.7. The highest BCUT2D eigenvalue weighted by Gasteiger charge is 2.16. The fraction of sp³-hybridized carbons (Fsp3) is 0.298. The van der Waals surface area contributed by atoms with E-state index in [0.29, 0.717) is 37.8 Å². The molecule has 0 fully saturated rings. The molecular formula is C47H49FO10. The number of aliphatic hydroxyl groups is 1. The van der Waals surface area contributed by atoms with Crippen molar-refractivity contribution in [3.05, 3.63) is 133 Å². The summed E-state index contributed by atoms with van der Waals surface area (Å²) >= 11 is 0. The van der Waals surface area contributed by atoms with Crippen LogP contribution >= 0.6 is 0 Å². The lowest BCUT2D eigenvalue weighted by atomic mass is 10.1. The van der Waals surface area contributed by atoms with Gasteiger partial charge in [-0.25, -0.2) is 18.8 Å². The van der Waals surface area contributed by atoms with Crippen molar-refractivity contribution in [1.29, 1.82) is 0 Å². The molecule has 5 aromatic carbocycles. The molecule has 0 aliphatic heterocycles. The first kappa shape index (κ1) is 43.1. The fourth-order valence-electron chi connectivity index (χ4n) is 5.90. The quantitative estimate of drug-likeness (QED) is 0.0171. The number of ether oxygens (including phenoxy) is 6. The Bertz CT molecular complexity index is 2210. The van der Waals surface area contributed by atoms with E-state index in [1.54, 1.807) is 43.3 Å². The first-order valence-electron chi connectivity index (χ1n) is 19.4. The van der Waals surface area contributed by atoms with Crippen molar-refractivity contribution < 1.29 is 52.3 Å².